The molecule has 7 heteroatoms. The quantitative estimate of drug-likeness (QED) is 0.749. The Hall–Kier alpha value is -0.820. The van der Waals surface area contributed by atoms with E-state index >= 15 is 0 Å². The summed E-state index contributed by atoms with van der Waals surface area (Å²) in [6.45, 7) is 7.27. The average Bonchev–Trinajstić information content (AvgIpc) is 2.11. The number of carbonyl (C=O) groups is 1. The van der Waals surface area contributed by atoms with Gasteiger partial charge in [0.2, 0.25) is 0 Å². The van der Waals surface area contributed by atoms with Crippen LogP contribution in [0.5, 0.6) is 0 Å². The Morgan fingerprint density at radius 2 is 1.89 bits per heavy atom. The highest BCUT2D eigenvalue weighted by Crippen LogP contribution is 2.08. The van der Waals surface area contributed by atoms with E-state index in [-0.39, 0.29) is 12.6 Å². The molecule has 0 aliphatic heterocycles. The lowest BCUT2D eigenvalue weighted by molar-refractivity contribution is 0.0497. The van der Waals surface area contributed by atoms with Crippen LogP contribution in [0.2, 0.25) is 0 Å². The van der Waals surface area contributed by atoms with Crippen molar-refractivity contribution in [2.75, 3.05) is 12.9 Å². The second-order valence-corrected chi connectivity index (χ2v) is 6.71. The van der Waals surface area contributed by atoms with E-state index in [1.165, 1.54) is 0 Å². The number of carbonyl (C=O) groups excluding carboxylic acids is 1. The van der Waals surface area contributed by atoms with E-state index in [4.69, 9.17) is 4.74 Å². The number of rotatable bonds is 6. The number of nitrogens with one attached hydrogen (secondary N) is 1. The van der Waals surface area contributed by atoms with E-state index in [9.17, 15) is 13.2 Å². The topological polar surface area (TPSA) is 81.7 Å². The summed E-state index contributed by atoms with van der Waals surface area (Å²) in [5.41, 5.74) is -0.550. The van der Waals surface area contributed by atoms with E-state index in [1.54, 1.807) is 20.8 Å². The second-order valence-electron chi connectivity index (χ2n) is 5.07. The molecule has 0 aliphatic carbocycles. The van der Waals surface area contributed by atoms with Crippen molar-refractivity contribution in [1.82, 2.24) is 5.32 Å². The first-order valence-electron chi connectivity index (χ1n) is 5.87. The summed E-state index contributed by atoms with van der Waals surface area (Å²) >= 11 is 0. The summed E-state index contributed by atoms with van der Waals surface area (Å²) in [5, 5.41) is 2.67. The Labute approximate surface area is 109 Å². The predicted molar refractivity (Wildman–Crippen MR) is 68.9 cm³/mol. The molecular formula is C11H23NO5S. The van der Waals surface area contributed by atoms with Crippen LogP contribution in [0.15, 0.2) is 0 Å². The van der Waals surface area contributed by atoms with Gasteiger partial charge in [0.25, 0.3) is 10.1 Å². The summed E-state index contributed by atoms with van der Waals surface area (Å²) in [5.74, 6) is 0. The van der Waals surface area contributed by atoms with Gasteiger partial charge in [0.05, 0.1) is 12.9 Å². The van der Waals surface area contributed by atoms with E-state index in [0.29, 0.717) is 12.8 Å². The smallest absolute Gasteiger partial charge is 0.407 e. The molecule has 0 aromatic heterocycles. The van der Waals surface area contributed by atoms with Crippen molar-refractivity contribution < 1.29 is 22.1 Å². The minimum atomic E-state index is -3.43. The van der Waals surface area contributed by atoms with Crippen LogP contribution in [0.25, 0.3) is 0 Å². The summed E-state index contributed by atoms with van der Waals surface area (Å²) in [6.07, 6.45) is 1.58. The highest BCUT2D eigenvalue weighted by Gasteiger charge is 2.18. The van der Waals surface area contributed by atoms with Gasteiger partial charge in [-0.05, 0) is 33.6 Å². The highest BCUT2D eigenvalue weighted by atomic mass is 32.2. The molecule has 0 spiro atoms. The monoisotopic (exact) mass is 281 g/mol. The van der Waals surface area contributed by atoms with E-state index in [2.05, 4.69) is 9.50 Å². The number of ether oxygens (including phenoxy) is 1. The summed E-state index contributed by atoms with van der Waals surface area (Å²) in [6, 6.07) is -0.165. The fourth-order valence-electron chi connectivity index (χ4n) is 1.19. The minimum absolute atomic E-state index is 0.0487. The summed E-state index contributed by atoms with van der Waals surface area (Å²) in [4.78, 5) is 11.5. The fraction of sp³-hybridized carbons (Fsp3) is 0.909. The Bertz CT molecular complexity index is 358. The second kappa shape index (κ2) is 6.94. The lowest BCUT2D eigenvalue weighted by Crippen LogP contribution is -2.39. The first-order valence-corrected chi connectivity index (χ1v) is 7.69. The molecular weight excluding hydrogens is 258 g/mol. The fourth-order valence-corrected chi connectivity index (χ4v) is 1.59. The van der Waals surface area contributed by atoms with Gasteiger partial charge < -0.3 is 10.1 Å². The molecule has 0 fully saturated rings. The largest absolute Gasteiger partial charge is 0.444 e. The zero-order chi connectivity index (χ0) is 14.4. The first-order chi connectivity index (χ1) is 8.03. The van der Waals surface area contributed by atoms with Gasteiger partial charge in [-0.15, -0.1) is 0 Å². The Morgan fingerprint density at radius 1 is 1.33 bits per heavy atom. The molecule has 1 atom stereocenters. The van der Waals surface area contributed by atoms with Gasteiger partial charge >= 0.3 is 6.09 Å². The number of hydrogen-bond donors (Lipinski definition) is 1. The molecule has 0 aliphatic rings. The summed E-state index contributed by atoms with van der Waals surface area (Å²) < 4.78 is 31.3. The van der Waals surface area contributed by atoms with Gasteiger partial charge in [-0.3, -0.25) is 4.18 Å². The normalized spacial score (nSPS) is 14.1. The molecule has 1 amide bonds. The van der Waals surface area contributed by atoms with Crippen molar-refractivity contribution in [3.63, 3.8) is 0 Å². The van der Waals surface area contributed by atoms with E-state index < -0.39 is 21.8 Å². The third-order valence-corrected chi connectivity index (χ3v) is 2.57. The third-order valence-electron chi connectivity index (χ3n) is 1.98. The molecule has 108 valence electrons. The number of hydrogen-bond acceptors (Lipinski definition) is 5. The van der Waals surface area contributed by atoms with Gasteiger partial charge in [0.1, 0.15) is 5.60 Å². The SMILES string of the molecule is CCC(CCOS(C)(=O)=O)NC(=O)OC(C)(C)C. The van der Waals surface area contributed by atoms with Crippen molar-refractivity contribution in [2.24, 2.45) is 0 Å². The maximum Gasteiger partial charge on any atom is 0.407 e. The van der Waals surface area contributed by atoms with Gasteiger partial charge in [-0.25, -0.2) is 4.79 Å². The predicted octanol–water partition coefficient (Wildman–Crippen LogP) is 1.66. The lowest BCUT2D eigenvalue weighted by atomic mass is 10.1. The van der Waals surface area contributed by atoms with Crippen LogP contribution >= 0.6 is 0 Å². The van der Waals surface area contributed by atoms with Crippen LogP contribution in [0, 0.1) is 0 Å². The van der Waals surface area contributed by atoms with Gasteiger partial charge in [0, 0.05) is 6.04 Å². The number of amides is 1. The van der Waals surface area contributed by atoms with Crippen LogP contribution in [-0.4, -0.2) is 39.0 Å². The van der Waals surface area contributed by atoms with Crippen LogP contribution in [0.1, 0.15) is 40.5 Å². The number of alkyl carbamates (subject to hydrolysis) is 1. The standard InChI is InChI=1S/C11H23NO5S/c1-6-9(7-8-16-18(5,14)15)12-10(13)17-11(2,3)4/h9H,6-8H2,1-5H3,(H,12,13). The van der Waals surface area contributed by atoms with Crippen LogP contribution in [0.4, 0.5) is 4.79 Å². The molecule has 0 radical (unpaired) electrons. The molecule has 6 nitrogen and oxygen atoms in total. The average molecular weight is 281 g/mol. The third kappa shape index (κ3) is 10.3. The molecule has 0 saturated heterocycles. The van der Waals surface area contributed by atoms with E-state index in [0.717, 1.165) is 6.26 Å². The van der Waals surface area contributed by atoms with Crippen molar-refractivity contribution >= 4 is 16.2 Å². The maximum absolute atomic E-state index is 11.5. The van der Waals surface area contributed by atoms with Crippen LogP contribution < -0.4 is 5.32 Å². The van der Waals surface area contributed by atoms with Crippen molar-refractivity contribution in [3.05, 3.63) is 0 Å². The van der Waals surface area contributed by atoms with E-state index in [1.807, 2.05) is 6.92 Å². The van der Waals surface area contributed by atoms with Crippen LogP contribution in [0.3, 0.4) is 0 Å². The van der Waals surface area contributed by atoms with Gasteiger partial charge in [0.15, 0.2) is 0 Å². The van der Waals surface area contributed by atoms with Crippen LogP contribution in [-0.2, 0) is 19.0 Å². The zero-order valence-electron chi connectivity index (χ0n) is 11.6. The lowest BCUT2D eigenvalue weighted by Gasteiger charge is -2.22. The summed E-state index contributed by atoms with van der Waals surface area (Å²) in [7, 11) is -3.43. The molecule has 0 rings (SSSR count). The van der Waals surface area contributed by atoms with Gasteiger partial charge in [-0.1, -0.05) is 6.92 Å². The highest BCUT2D eigenvalue weighted by molar-refractivity contribution is 7.85. The molecule has 1 unspecified atom stereocenters. The molecule has 0 saturated carbocycles. The molecule has 1 N–H and O–H groups in total. The molecule has 0 aromatic rings. The Morgan fingerprint density at radius 3 is 2.28 bits per heavy atom. The van der Waals surface area contributed by atoms with Crippen molar-refractivity contribution in [1.29, 1.82) is 0 Å². The molecule has 18 heavy (non-hydrogen) atoms. The minimum Gasteiger partial charge on any atom is -0.444 e. The molecule has 0 bridgehead atoms. The van der Waals surface area contributed by atoms with Gasteiger partial charge in [-0.2, -0.15) is 8.42 Å². The van der Waals surface area contributed by atoms with Crippen molar-refractivity contribution in [3.8, 4) is 0 Å². The molecule has 0 aromatic carbocycles. The first kappa shape index (κ1) is 17.2. The van der Waals surface area contributed by atoms with Crippen molar-refractivity contribution in [2.45, 2.75) is 52.2 Å². The maximum atomic E-state index is 11.5. The Balaban J connectivity index is 4.08. The molecule has 0 heterocycles. The Kier molecular flexibility index (Phi) is 6.62. The zero-order valence-corrected chi connectivity index (χ0v) is 12.5.